The number of nitrogens with zero attached hydrogens (tertiary/aromatic N) is 4. The number of imidazole rings is 1. The maximum absolute atomic E-state index is 13.0. The zero-order chi connectivity index (χ0) is 23.4. The molecule has 0 bridgehead atoms. The van der Waals surface area contributed by atoms with Crippen LogP contribution in [0.4, 0.5) is 0 Å². The van der Waals surface area contributed by atoms with Gasteiger partial charge in [-0.2, -0.15) is 5.26 Å². The summed E-state index contributed by atoms with van der Waals surface area (Å²) in [6.45, 7) is 5.43. The van der Waals surface area contributed by atoms with Gasteiger partial charge in [0.15, 0.2) is 0 Å². The lowest BCUT2D eigenvalue weighted by molar-refractivity contribution is 0.0761. The molecular formula is C27H26N4O2. The number of fused-ring (bicyclic) bond motifs is 1. The minimum absolute atomic E-state index is 0.0177. The van der Waals surface area contributed by atoms with Gasteiger partial charge in [0.05, 0.1) is 36.2 Å². The first-order valence-corrected chi connectivity index (χ1v) is 11.0. The molecule has 6 heteroatoms. The molecule has 0 aliphatic carbocycles. The maximum Gasteiger partial charge on any atom is 0.257 e. The molecule has 0 fully saturated rings. The molecule has 166 valence electrons. The number of hydrogen-bond acceptors (Lipinski definition) is 4. The zero-order valence-corrected chi connectivity index (χ0v) is 19.1. The van der Waals surface area contributed by atoms with Crippen LogP contribution in [0.2, 0.25) is 0 Å². The summed E-state index contributed by atoms with van der Waals surface area (Å²) < 4.78 is 7.63. The van der Waals surface area contributed by atoms with E-state index < -0.39 is 0 Å². The van der Waals surface area contributed by atoms with Crippen molar-refractivity contribution < 1.29 is 9.53 Å². The summed E-state index contributed by atoms with van der Waals surface area (Å²) in [5.41, 5.74) is 5.86. The average molecular weight is 439 g/mol. The van der Waals surface area contributed by atoms with Crippen molar-refractivity contribution in [2.24, 2.45) is 0 Å². The fourth-order valence-electron chi connectivity index (χ4n) is 3.97. The van der Waals surface area contributed by atoms with Gasteiger partial charge in [-0.15, -0.1) is 0 Å². The minimum atomic E-state index is -0.0177. The van der Waals surface area contributed by atoms with E-state index in [1.807, 2.05) is 71.1 Å². The third-order valence-corrected chi connectivity index (χ3v) is 5.74. The van der Waals surface area contributed by atoms with E-state index in [2.05, 4.69) is 18.0 Å². The smallest absolute Gasteiger partial charge is 0.257 e. The fourth-order valence-corrected chi connectivity index (χ4v) is 3.97. The Morgan fingerprint density at radius 1 is 1.06 bits per heavy atom. The molecule has 2 aromatic carbocycles. The van der Waals surface area contributed by atoms with Crippen LogP contribution in [-0.2, 0) is 0 Å². The monoisotopic (exact) mass is 438 g/mol. The van der Waals surface area contributed by atoms with Gasteiger partial charge < -0.3 is 9.64 Å². The lowest BCUT2D eigenvalue weighted by Crippen LogP contribution is -2.31. The first-order chi connectivity index (χ1) is 16.1. The van der Waals surface area contributed by atoms with Gasteiger partial charge in [0.1, 0.15) is 11.4 Å². The van der Waals surface area contributed by atoms with E-state index in [9.17, 15) is 4.79 Å². The van der Waals surface area contributed by atoms with Crippen LogP contribution in [0.3, 0.4) is 0 Å². The van der Waals surface area contributed by atoms with Crippen molar-refractivity contribution in [1.29, 1.82) is 5.26 Å². The van der Waals surface area contributed by atoms with Crippen molar-refractivity contribution in [1.82, 2.24) is 14.3 Å². The number of methoxy groups -OCH3 is 1. The van der Waals surface area contributed by atoms with Crippen LogP contribution in [0.5, 0.6) is 5.75 Å². The van der Waals surface area contributed by atoms with Crippen LogP contribution in [0, 0.1) is 11.3 Å². The number of carbonyl (C=O) groups is 1. The Kier molecular flexibility index (Phi) is 6.41. The fraction of sp³-hybridized carbons (Fsp3) is 0.222. The van der Waals surface area contributed by atoms with E-state index in [1.165, 1.54) is 0 Å². The molecule has 0 saturated carbocycles. The summed E-state index contributed by atoms with van der Waals surface area (Å²) in [5, 5.41) is 9.06. The van der Waals surface area contributed by atoms with Crippen LogP contribution in [-0.4, -0.2) is 40.4 Å². The molecule has 0 atom stereocenters. The number of benzene rings is 2. The van der Waals surface area contributed by atoms with Gasteiger partial charge in [-0.3, -0.25) is 9.20 Å². The molecule has 1 amide bonds. The maximum atomic E-state index is 13.0. The number of hydrogen-bond donors (Lipinski definition) is 0. The van der Waals surface area contributed by atoms with E-state index in [0.717, 1.165) is 41.0 Å². The highest BCUT2D eigenvalue weighted by atomic mass is 16.5. The second-order valence-corrected chi connectivity index (χ2v) is 7.78. The molecule has 6 nitrogen and oxygen atoms in total. The summed E-state index contributed by atoms with van der Waals surface area (Å²) in [4.78, 5) is 19.3. The lowest BCUT2D eigenvalue weighted by atomic mass is 10.0. The molecule has 0 N–H and O–H groups in total. The molecule has 4 rings (SSSR count). The first kappa shape index (κ1) is 22.1. The highest BCUT2D eigenvalue weighted by molar-refractivity contribution is 5.97. The Labute approximate surface area is 193 Å². The molecule has 0 aliphatic rings. The predicted molar refractivity (Wildman–Crippen MR) is 129 cm³/mol. The number of amides is 1. The van der Waals surface area contributed by atoms with Crippen molar-refractivity contribution in [3.63, 3.8) is 0 Å². The second kappa shape index (κ2) is 9.58. The Hall–Kier alpha value is -4.11. The molecule has 33 heavy (non-hydrogen) atoms. The highest BCUT2D eigenvalue weighted by Crippen LogP contribution is 2.30. The minimum Gasteiger partial charge on any atom is -0.496 e. The highest BCUT2D eigenvalue weighted by Gasteiger charge is 2.19. The predicted octanol–water partition coefficient (Wildman–Crippen LogP) is 5.42. The second-order valence-electron chi connectivity index (χ2n) is 7.78. The zero-order valence-electron chi connectivity index (χ0n) is 19.1. The molecule has 0 aliphatic heterocycles. The van der Waals surface area contributed by atoms with E-state index in [4.69, 9.17) is 10.00 Å². The normalized spacial score (nSPS) is 10.7. The first-order valence-electron chi connectivity index (χ1n) is 11.0. The van der Waals surface area contributed by atoms with Gasteiger partial charge >= 0.3 is 0 Å². The standard InChI is InChI=1S/C27H26N4O2/c1-4-14-30(5-2)27(32)23-12-10-21(15-25(23)33-3)22-11-13-26-29-17-24(31(26)18-22)20-8-6-19(16-28)7-9-20/h6-13,15,17-18H,4-5,14H2,1-3H3. The number of carbonyl (C=O) groups excluding carboxylic acids is 1. The Morgan fingerprint density at radius 2 is 1.79 bits per heavy atom. The Morgan fingerprint density at radius 3 is 2.45 bits per heavy atom. The third-order valence-electron chi connectivity index (χ3n) is 5.74. The van der Waals surface area contributed by atoms with Gasteiger partial charge in [0, 0.05) is 24.8 Å². The number of pyridine rings is 1. The largest absolute Gasteiger partial charge is 0.496 e. The lowest BCUT2D eigenvalue weighted by Gasteiger charge is -2.21. The van der Waals surface area contributed by atoms with Crippen LogP contribution < -0.4 is 4.74 Å². The summed E-state index contributed by atoms with van der Waals surface area (Å²) in [7, 11) is 1.59. The summed E-state index contributed by atoms with van der Waals surface area (Å²) in [6.07, 6.45) is 4.77. The van der Waals surface area contributed by atoms with Crippen molar-refractivity contribution in [3.05, 3.63) is 78.1 Å². The van der Waals surface area contributed by atoms with Gasteiger partial charge in [0.25, 0.3) is 5.91 Å². The number of aromatic nitrogens is 2. The van der Waals surface area contributed by atoms with E-state index in [-0.39, 0.29) is 5.91 Å². The molecule has 0 radical (unpaired) electrons. The molecule has 2 aromatic heterocycles. The number of nitriles is 1. The molecule has 2 heterocycles. The van der Waals surface area contributed by atoms with Crippen LogP contribution in [0.25, 0.3) is 28.0 Å². The molecule has 0 unspecified atom stereocenters. The number of ether oxygens (including phenoxy) is 1. The summed E-state index contributed by atoms with van der Waals surface area (Å²) >= 11 is 0. The third kappa shape index (κ3) is 4.31. The van der Waals surface area contributed by atoms with E-state index in [1.54, 1.807) is 19.2 Å². The summed E-state index contributed by atoms with van der Waals surface area (Å²) in [5.74, 6) is 0.543. The summed E-state index contributed by atoms with van der Waals surface area (Å²) in [6, 6.07) is 19.3. The van der Waals surface area contributed by atoms with Crippen molar-refractivity contribution in [2.45, 2.75) is 20.3 Å². The van der Waals surface area contributed by atoms with Gasteiger partial charge in [0.2, 0.25) is 0 Å². The topological polar surface area (TPSA) is 70.6 Å². The molecule has 0 saturated heterocycles. The van der Waals surface area contributed by atoms with Gasteiger partial charge in [-0.1, -0.05) is 25.1 Å². The Balaban J connectivity index is 1.73. The molecule has 0 spiro atoms. The van der Waals surface area contributed by atoms with Gasteiger partial charge in [-0.25, -0.2) is 4.98 Å². The van der Waals surface area contributed by atoms with E-state index in [0.29, 0.717) is 23.4 Å². The van der Waals surface area contributed by atoms with Crippen molar-refractivity contribution in [2.75, 3.05) is 20.2 Å². The SMILES string of the molecule is CCCN(CC)C(=O)c1ccc(-c2ccc3ncc(-c4ccc(C#N)cc4)n3c2)cc1OC. The van der Waals surface area contributed by atoms with Crippen molar-refractivity contribution >= 4 is 11.6 Å². The molecule has 4 aromatic rings. The Bertz CT molecular complexity index is 1330. The van der Waals surface area contributed by atoms with Gasteiger partial charge in [-0.05, 0) is 60.9 Å². The number of rotatable bonds is 7. The molecular weight excluding hydrogens is 412 g/mol. The van der Waals surface area contributed by atoms with Crippen LogP contribution >= 0.6 is 0 Å². The quantitative estimate of drug-likeness (QED) is 0.386. The average Bonchev–Trinajstić information content (AvgIpc) is 3.29. The van der Waals surface area contributed by atoms with Crippen LogP contribution in [0.15, 0.2) is 67.0 Å². The van der Waals surface area contributed by atoms with Crippen molar-refractivity contribution in [3.8, 4) is 34.2 Å². The van der Waals surface area contributed by atoms with Crippen LogP contribution in [0.1, 0.15) is 36.2 Å². The van der Waals surface area contributed by atoms with E-state index >= 15 is 0 Å².